The van der Waals surface area contributed by atoms with E-state index < -0.39 is 0 Å². The van der Waals surface area contributed by atoms with Crippen molar-refractivity contribution in [2.45, 2.75) is 46.1 Å². The summed E-state index contributed by atoms with van der Waals surface area (Å²) >= 11 is 4.87. The van der Waals surface area contributed by atoms with Crippen molar-refractivity contribution in [3.63, 3.8) is 0 Å². The summed E-state index contributed by atoms with van der Waals surface area (Å²) in [4.78, 5) is 2.32. The van der Waals surface area contributed by atoms with Crippen molar-refractivity contribution < 1.29 is 4.39 Å². The van der Waals surface area contributed by atoms with Crippen LogP contribution in [0.3, 0.4) is 0 Å². The van der Waals surface area contributed by atoms with Gasteiger partial charge in [-0.15, -0.1) is 0 Å². The fraction of sp³-hybridized carbons (Fsp3) is 0.533. The molecular weight excluding hydrogens is 259 g/mol. The third-order valence-electron chi connectivity index (χ3n) is 3.17. The van der Waals surface area contributed by atoms with Gasteiger partial charge in [0.15, 0.2) is 0 Å². The van der Waals surface area contributed by atoms with Gasteiger partial charge in [-0.3, -0.25) is 0 Å². The molecule has 4 heteroatoms. The molecule has 0 spiro atoms. The summed E-state index contributed by atoms with van der Waals surface area (Å²) < 4.78 is 14.2. The van der Waals surface area contributed by atoms with Gasteiger partial charge in [0.2, 0.25) is 0 Å². The number of nitrogens with zero attached hydrogens (tertiary/aromatic N) is 1. The van der Waals surface area contributed by atoms with Gasteiger partial charge in [0.05, 0.1) is 5.69 Å². The number of rotatable bonds is 7. The molecule has 0 aliphatic rings. The molecule has 0 saturated heterocycles. The maximum absolute atomic E-state index is 14.2. The fourth-order valence-electron chi connectivity index (χ4n) is 2.08. The zero-order valence-corrected chi connectivity index (χ0v) is 12.8. The van der Waals surface area contributed by atoms with E-state index in [1.807, 2.05) is 0 Å². The molecule has 106 valence electrons. The molecule has 0 radical (unpaired) electrons. The van der Waals surface area contributed by atoms with Crippen molar-refractivity contribution in [1.29, 1.82) is 0 Å². The molecule has 1 aromatic carbocycles. The van der Waals surface area contributed by atoms with Crippen molar-refractivity contribution in [3.05, 3.63) is 29.6 Å². The van der Waals surface area contributed by atoms with Gasteiger partial charge >= 0.3 is 0 Å². The number of thiocarbonyl (C=S) groups is 1. The second kappa shape index (κ2) is 7.43. The second-order valence-corrected chi connectivity index (χ2v) is 5.46. The number of anilines is 1. The third kappa shape index (κ3) is 4.46. The van der Waals surface area contributed by atoms with E-state index >= 15 is 0 Å². The highest BCUT2D eigenvalue weighted by Gasteiger charge is 2.15. The van der Waals surface area contributed by atoms with Crippen molar-refractivity contribution in [1.82, 2.24) is 0 Å². The Bertz CT molecular complexity index is 432. The van der Waals surface area contributed by atoms with Crippen LogP contribution in [-0.2, 0) is 0 Å². The monoisotopic (exact) mass is 282 g/mol. The van der Waals surface area contributed by atoms with E-state index in [1.54, 1.807) is 12.1 Å². The Morgan fingerprint density at radius 3 is 2.53 bits per heavy atom. The van der Waals surface area contributed by atoms with E-state index in [-0.39, 0.29) is 16.8 Å². The average Bonchev–Trinajstić information content (AvgIpc) is 2.35. The van der Waals surface area contributed by atoms with Gasteiger partial charge in [-0.05, 0) is 38.5 Å². The van der Waals surface area contributed by atoms with E-state index in [1.165, 1.54) is 6.07 Å². The zero-order chi connectivity index (χ0) is 14.4. The summed E-state index contributed by atoms with van der Waals surface area (Å²) in [5.41, 5.74) is 6.73. The van der Waals surface area contributed by atoms with Crippen LogP contribution < -0.4 is 10.6 Å². The van der Waals surface area contributed by atoms with E-state index in [0.717, 1.165) is 25.8 Å². The number of unbranched alkanes of at least 4 members (excludes halogenated alkanes) is 2. The van der Waals surface area contributed by atoms with Crippen LogP contribution in [0.4, 0.5) is 10.1 Å². The molecule has 0 fully saturated rings. The van der Waals surface area contributed by atoms with E-state index in [0.29, 0.717) is 11.3 Å². The standard InChI is InChI=1S/C15H23FN2S/c1-4-5-6-9-18(11(2)3)14-8-7-12(15(17)19)10-13(14)16/h7-8,10-11H,4-6,9H2,1-3H3,(H2,17,19). The first kappa shape index (κ1) is 15.9. The lowest BCUT2D eigenvalue weighted by molar-refractivity contribution is 0.583. The summed E-state index contributed by atoms with van der Waals surface area (Å²) in [5.74, 6) is -0.254. The molecule has 1 rings (SSSR count). The molecule has 2 nitrogen and oxygen atoms in total. The van der Waals surface area contributed by atoms with Gasteiger partial charge in [-0.25, -0.2) is 4.39 Å². The number of benzene rings is 1. The Balaban J connectivity index is 2.93. The van der Waals surface area contributed by atoms with Crippen molar-refractivity contribution >= 4 is 22.9 Å². The zero-order valence-electron chi connectivity index (χ0n) is 11.9. The number of hydrogen-bond acceptors (Lipinski definition) is 2. The third-order valence-corrected chi connectivity index (χ3v) is 3.40. The molecule has 0 heterocycles. The van der Waals surface area contributed by atoms with Crippen LogP contribution in [0.1, 0.15) is 45.6 Å². The molecule has 1 aromatic rings. The molecule has 0 aromatic heterocycles. The molecule has 0 unspecified atom stereocenters. The van der Waals surface area contributed by atoms with Crippen LogP contribution in [0, 0.1) is 5.82 Å². The van der Waals surface area contributed by atoms with Crippen molar-refractivity contribution in [2.75, 3.05) is 11.4 Å². The molecule has 0 aliphatic carbocycles. The second-order valence-electron chi connectivity index (χ2n) is 5.02. The van der Waals surface area contributed by atoms with Gasteiger partial charge < -0.3 is 10.6 Å². The topological polar surface area (TPSA) is 29.3 Å². The Labute approximate surface area is 120 Å². The average molecular weight is 282 g/mol. The number of nitrogens with two attached hydrogens (primary N) is 1. The van der Waals surface area contributed by atoms with Crippen LogP contribution in [-0.4, -0.2) is 17.6 Å². The highest BCUT2D eigenvalue weighted by atomic mass is 32.1. The van der Waals surface area contributed by atoms with Gasteiger partial charge in [-0.1, -0.05) is 32.0 Å². The molecule has 19 heavy (non-hydrogen) atoms. The highest BCUT2D eigenvalue weighted by Crippen LogP contribution is 2.23. The lowest BCUT2D eigenvalue weighted by atomic mass is 10.1. The summed E-state index contributed by atoms with van der Waals surface area (Å²) in [6, 6.07) is 5.25. The first-order valence-electron chi connectivity index (χ1n) is 6.83. The summed E-state index contributed by atoms with van der Waals surface area (Å²) in [6.07, 6.45) is 3.40. The maximum Gasteiger partial charge on any atom is 0.147 e. The summed E-state index contributed by atoms with van der Waals surface area (Å²) in [6.45, 7) is 7.19. The first-order valence-corrected chi connectivity index (χ1v) is 7.24. The van der Waals surface area contributed by atoms with Crippen molar-refractivity contribution in [2.24, 2.45) is 5.73 Å². The number of halogens is 1. The molecule has 0 amide bonds. The van der Waals surface area contributed by atoms with Gasteiger partial charge in [0.25, 0.3) is 0 Å². The SMILES string of the molecule is CCCCCN(c1ccc(C(N)=S)cc1F)C(C)C. The minimum atomic E-state index is -0.254. The lowest BCUT2D eigenvalue weighted by Gasteiger charge is -2.29. The van der Waals surface area contributed by atoms with Crippen LogP contribution in [0.25, 0.3) is 0 Å². The fourth-order valence-corrected chi connectivity index (χ4v) is 2.21. The molecule has 0 saturated carbocycles. The van der Waals surface area contributed by atoms with Crippen LogP contribution in [0.2, 0.25) is 0 Å². The molecule has 0 atom stereocenters. The van der Waals surface area contributed by atoms with E-state index in [4.69, 9.17) is 18.0 Å². The van der Waals surface area contributed by atoms with Crippen LogP contribution >= 0.6 is 12.2 Å². The van der Waals surface area contributed by atoms with Gasteiger partial charge in [-0.2, -0.15) is 0 Å². The minimum absolute atomic E-state index is 0.229. The largest absolute Gasteiger partial charge is 0.389 e. The predicted octanol–water partition coefficient (Wildman–Crippen LogP) is 3.86. The van der Waals surface area contributed by atoms with E-state index in [9.17, 15) is 4.39 Å². The van der Waals surface area contributed by atoms with E-state index in [2.05, 4.69) is 25.7 Å². The Hall–Kier alpha value is -1.16. The number of hydrogen-bond donors (Lipinski definition) is 1. The molecule has 0 aliphatic heterocycles. The normalized spacial score (nSPS) is 10.8. The quantitative estimate of drug-likeness (QED) is 0.608. The molecular formula is C15H23FN2S. The van der Waals surface area contributed by atoms with Gasteiger partial charge in [0.1, 0.15) is 10.8 Å². The first-order chi connectivity index (χ1) is 8.97. The van der Waals surface area contributed by atoms with Crippen LogP contribution in [0.15, 0.2) is 18.2 Å². The van der Waals surface area contributed by atoms with Gasteiger partial charge in [0, 0.05) is 18.2 Å². The Morgan fingerprint density at radius 2 is 2.05 bits per heavy atom. The Morgan fingerprint density at radius 1 is 1.37 bits per heavy atom. The van der Waals surface area contributed by atoms with Crippen molar-refractivity contribution in [3.8, 4) is 0 Å². The predicted molar refractivity (Wildman–Crippen MR) is 84.3 cm³/mol. The summed E-state index contributed by atoms with van der Waals surface area (Å²) in [7, 11) is 0. The van der Waals surface area contributed by atoms with Crippen LogP contribution in [0.5, 0.6) is 0 Å². The molecule has 0 bridgehead atoms. The highest BCUT2D eigenvalue weighted by molar-refractivity contribution is 7.80. The summed E-state index contributed by atoms with van der Waals surface area (Å²) in [5, 5.41) is 0. The lowest BCUT2D eigenvalue weighted by Crippen LogP contribution is -2.32. The molecule has 2 N–H and O–H groups in total. The Kier molecular flexibility index (Phi) is 6.22. The maximum atomic E-state index is 14.2. The smallest absolute Gasteiger partial charge is 0.147 e. The minimum Gasteiger partial charge on any atom is -0.389 e.